The van der Waals surface area contributed by atoms with Gasteiger partial charge in [0.1, 0.15) is 0 Å². The second-order valence-electron chi connectivity index (χ2n) is 6.57. The van der Waals surface area contributed by atoms with Gasteiger partial charge in [-0.2, -0.15) is 0 Å². The summed E-state index contributed by atoms with van der Waals surface area (Å²) in [4.78, 5) is 19.2. The van der Waals surface area contributed by atoms with Gasteiger partial charge >= 0.3 is 6.03 Å². The number of likely N-dealkylation sites (tertiary alicyclic amines) is 1. The van der Waals surface area contributed by atoms with Gasteiger partial charge in [-0.1, -0.05) is 35.9 Å². The number of para-hydroxylation sites is 3. The maximum Gasteiger partial charge on any atom is 0.324 e. The number of fused-ring (bicyclic) bond motifs is 1. The molecule has 2 aromatic rings. The number of anilines is 3. The molecule has 0 aliphatic carbocycles. The maximum atomic E-state index is 13.0. The Morgan fingerprint density at radius 1 is 0.760 bits per heavy atom. The summed E-state index contributed by atoms with van der Waals surface area (Å²) in [5.41, 5.74) is 2.98. The molecule has 0 saturated carbocycles. The molecule has 130 valence electrons. The molecule has 0 spiro atoms. The van der Waals surface area contributed by atoms with Gasteiger partial charge in [-0.25, -0.2) is 4.79 Å². The molecular weight excluding hydrogens is 334 g/mol. The average Bonchev–Trinajstić information content (AvgIpc) is 2.68. The third-order valence-corrected chi connectivity index (χ3v) is 5.33. The SMILES string of the molecule is O=C(N1CCCCC1)N1CCN(c2ccccc2Cl)c2ccccc21. The van der Waals surface area contributed by atoms with Crippen LogP contribution in [0.15, 0.2) is 48.5 Å². The lowest BCUT2D eigenvalue weighted by atomic mass is 10.1. The van der Waals surface area contributed by atoms with Gasteiger partial charge in [0, 0.05) is 26.2 Å². The Morgan fingerprint density at radius 3 is 2.12 bits per heavy atom. The lowest BCUT2D eigenvalue weighted by molar-refractivity contribution is 0.193. The third-order valence-electron chi connectivity index (χ3n) is 5.01. The molecule has 5 heteroatoms. The van der Waals surface area contributed by atoms with E-state index in [1.165, 1.54) is 6.42 Å². The molecule has 2 aromatic carbocycles. The maximum absolute atomic E-state index is 13.0. The van der Waals surface area contributed by atoms with E-state index in [9.17, 15) is 4.79 Å². The number of benzene rings is 2. The van der Waals surface area contributed by atoms with Gasteiger partial charge in [0.15, 0.2) is 0 Å². The number of nitrogens with zero attached hydrogens (tertiary/aromatic N) is 3. The van der Waals surface area contributed by atoms with E-state index >= 15 is 0 Å². The highest BCUT2D eigenvalue weighted by atomic mass is 35.5. The second kappa shape index (κ2) is 6.96. The molecule has 4 nitrogen and oxygen atoms in total. The van der Waals surface area contributed by atoms with Crippen LogP contribution >= 0.6 is 11.6 Å². The van der Waals surface area contributed by atoms with Crippen LogP contribution in [0.3, 0.4) is 0 Å². The molecule has 1 saturated heterocycles. The molecule has 0 unspecified atom stereocenters. The van der Waals surface area contributed by atoms with Gasteiger partial charge in [0.05, 0.1) is 22.1 Å². The van der Waals surface area contributed by atoms with Gasteiger partial charge in [0.25, 0.3) is 0 Å². The minimum Gasteiger partial charge on any atom is -0.337 e. The van der Waals surface area contributed by atoms with E-state index in [0.717, 1.165) is 54.6 Å². The molecule has 2 aliphatic heterocycles. The van der Waals surface area contributed by atoms with E-state index in [2.05, 4.69) is 11.0 Å². The summed E-state index contributed by atoms with van der Waals surface area (Å²) in [5.74, 6) is 0. The normalized spacial score (nSPS) is 17.4. The van der Waals surface area contributed by atoms with E-state index in [4.69, 9.17) is 11.6 Å². The van der Waals surface area contributed by atoms with Crippen molar-refractivity contribution in [3.63, 3.8) is 0 Å². The fraction of sp³-hybridized carbons (Fsp3) is 0.350. The van der Waals surface area contributed by atoms with Gasteiger partial charge in [-0.05, 0) is 43.5 Å². The molecule has 2 amide bonds. The van der Waals surface area contributed by atoms with Crippen LogP contribution in [0, 0.1) is 0 Å². The zero-order valence-corrected chi connectivity index (χ0v) is 15.0. The standard InChI is InChI=1S/C20H22ClN3O/c21-16-8-2-3-9-17(16)23-14-15-24(19-11-5-4-10-18(19)23)20(25)22-12-6-1-7-13-22/h2-5,8-11H,1,6-7,12-15H2. The Balaban J connectivity index is 1.67. The molecule has 0 bridgehead atoms. The van der Waals surface area contributed by atoms with Crippen molar-refractivity contribution in [1.82, 2.24) is 4.90 Å². The summed E-state index contributed by atoms with van der Waals surface area (Å²) in [6, 6.07) is 16.1. The van der Waals surface area contributed by atoms with Crippen LogP contribution in [0.25, 0.3) is 0 Å². The van der Waals surface area contributed by atoms with Gasteiger partial charge in [0.2, 0.25) is 0 Å². The van der Waals surface area contributed by atoms with Crippen molar-refractivity contribution < 1.29 is 4.79 Å². The van der Waals surface area contributed by atoms with E-state index in [0.29, 0.717) is 6.54 Å². The third kappa shape index (κ3) is 3.07. The van der Waals surface area contributed by atoms with Crippen LogP contribution in [0.5, 0.6) is 0 Å². The summed E-state index contributed by atoms with van der Waals surface area (Å²) < 4.78 is 0. The summed E-state index contributed by atoms with van der Waals surface area (Å²) in [5, 5.41) is 0.730. The van der Waals surface area contributed by atoms with Crippen LogP contribution < -0.4 is 9.80 Å². The topological polar surface area (TPSA) is 26.8 Å². The molecule has 25 heavy (non-hydrogen) atoms. The Labute approximate surface area is 153 Å². The van der Waals surface area contributed by atoms with Crippen LogP contribution in [-0.2, 0) is 0 Å². The largest absolute Gasteiger partial charge is 0.337 e. The number of amides is 2. The molecule has 0 N–H and O–H groups in total. The zero-order valence-electron chi connectivity index (χ0n) is 14.2. The molecule has 0 atom stereocenters. The van der Waals surface area contributed by atoms with Crippen LogP contribution in [-0.4, -0.2) is 37.1 Å². The lowest BCUT2D eigenvalue weighted by Crippen LogP contribution is -2.50. The molecule has 2 aliphatic rings. The Kier molecular flexibility index (Phi) is 4.53. The highest BCUT2D eigenvalue weighted by Gasteiger charge is 2.31. The van der Waals surface area contributed by atoms with Gasteiger partial charge in [-0.15, -0.1) is 0 Å². The number of hydrogen-bond acceptors (Lipinski definition) is 2. The molecule has 4 rings (SSSR count). The van der Waals surface area contributed by atoms with Crippen molar-refractivity contribution in [1.29, 1.82) is 0 Å². The van der Waals surface area contributed by atoms with E-state index < -0.39 is 0 Å². The van der Waals surface area contributed by atoms with Crippen molar-refractivity contribution in [2.24, 2.45) is 0 Å². The number of carbonyl (C=O) groups excluding carboxylic acids is 1. The highest BCUT2D eigenvalue weighted by molar-refractivity contribution is 6.33. The first-order chi connectivity index (χ1) is 12.3. The van der Waals surface area contributed by atoms with Gasteiger partial charge in [-0.3, -0.25) is 4.90 Å². The summed E-state index contributed by atoms with van der Waals surface area (Å²) >= 11 is 6.41. The van der Waals surface area contributed by atoms with E-state index in [1.807, 2.05) is 52.3 Å². The van der Waals surface area contributed by atoms with Crippen molar-refractivity contribution in [3.05, 3.63) is 53.6 Å². The minimum atomic E-state index is 0.131. The molecule has 1 fully saturated rings. The first-order valence-corrected chi connectivity index (χ1v) is 9.31. The molecular formula is C20H22ClN3O. The first kappa shape index (κ1) is 16.3. The molecule has 0 aromatic heterocycles. The summed E-state index contributed by atoms with van der Waals surface area (Å²) in [7, 11) is 0. The smallest absolute Gasteiger partial charge is 0.324 e. The zero-order chi connectivity index (χ0) is 17.2. The predicted octanol–water partition coefficient (Wildman–Crippen LogP) is 4.90. The molecule has 2 heterocycles. The fourth-order valence-corrected chi connectivity index (χ4v) is 3.97. The predicted molar refractivity (Wildman–Crippen MR) is 103 cm³/mol. The number of hydrogen-bond donors (Lipinski definition) is 0. The number of urea groups is 1. The number of rotatable bonds is 1. The minimum absolute atomic E-state index is 0.131. The van der Waals surface area contributed by atoms with E-state index in [-0.39, 0.29) is 6.03 Å². The lowest BCUT2D eigenvalue weighted by Gasteiger charge is -2.40. The summed E-state index contributed by atoms with van der Waals surface area (Å²) in [6.07, 6.45) is 3.43. The number of halogens is 1. The average molecular weight is 356 g/mol. The Bertz CT molecular complexity index is 773. The molecule has 0 radical (unpaired) electrons. The Morgan fingerprint density at radius 2 is 1.40 bits per heavy atom. The van der Waals surface area contributed by atoms with E-state index in [1.54, 1.807) is 0 Å². The fourth-order valence-electron chi connectivity index (χ4n) is 3.74. The van der Waals surface area contributed by atoms with Crippen LogP contribution in [0.2, 0.25) is 5.02 Å². The first-order valence-electron chi connectivity index (χ1n) is 8.93. The Hall–Kier alpha value is -2.20. The van der Waals surface area contributed by atoms with Crippen molar-refractivity contribution in [2.75, 3.05) is 36.0 Å². The second-order valence-corrected chi connectivity index (χ2v) is 6.98. The highest BCUT2D eigenvalue weighted by Crippen LogP contribution is 2.40. The number of piperidine rings is 1. The number of carbonyl (C=O) groups is 1. The monoisotopic (exact) mass is 355 g/mol. The van der Waals surface area contributed by atoms with Crippen molar-refractivity contribution in [3.8, 4) is 0 Å². The quantitative estimate of drug-likeness (QED) is 0.727. The van der Waals surface area contributed by atoms with Crippen molar-refractivity contribution >= 4 is 34.7 Å². The van der Waals surface area contributed by atoms with Crippen molar-refractivity contribution in [2.45, 2.75) is 19.3 Å². The van der Waals surface area contributed by atoms with Gasteiger partial charge < -0.3 is 9.80 Å². The summed E-state index contributed by atoms with van der Waals surface area (Å²) in [6.45, 7) is 3.13. The van der Waals surface area contributed by atoms with Crippen LogP contribution in [0.1, 0.15) is 19.3 Å². The van der Waals surface area contributed by atoms with Crippen LogP contribution in [0.4, 0.5) is 21.9 Å².